The molecule has 0 spiro atoms. The standard InChI is InChI=1S/C20H17N5O/c1-13-3-8-17(14(2)11-13)23-20(26)18-9-10-19(25-24-18)22-16-6-4-15(12-21)5-7-16/h3-11H,1-2H3,(H,22,25)(H,23,26). The first-order chi connectivity index (χ1) is 12.5. The van der Waals surface area contributed by atoms with Crippen molar-refractivity contribution in [3.05, 3.63) is 77.0 Å². The zero-order valence-corrected chi connectivity index (χ0v) is 14.4. The number of rotatable bonds is 4. The van der Waals surface area contributed by atoms with Crippen molar-refractivity contribution in [3.8, 4) is 6.07 Å². The lowest BCUT2D eigenvalue weighted by atomic mass is 10.1. The number of carbonyl (C=O) groups excluding carboxylic acids is 1. The molecule has 0 saturated carbocycles. The van der Waals surface area contributed by atoms with E-state index in [-0.39, 0.29) is 11.6 Å². The number of hydrogen-bond donors (Lipinski definition) is 2. The minimum absolute atomic E-state index is 0.232. The quantitative estimate of drug-likeness (QED) is 0.748. The molecule has 0 aliphatic heterocycles. The number of aryl methyl sites for hydroxylation is 2. The van der Waals surface area contributed by atoms with E-state index in [1.54, 1.807) is 36.4 Å². The number of anilines is 3. The topological polar surface area (TPSA) is 90.7 Å². The Morgan fingerprint density at radius 1 is 1.00 bits per heavy atom. The number of nitrogens with zero attached hydrogens (tertiary/aromatic N) is 3. The van der Waals surface area contributed by atoms with Crippen molar-refractivity contribution in [2.75, 3.05) is 10.6 Å². The summed E-state index contributed by atoms with van der Waals surface area (Å²) in [7, 11) is 0. The van der Waals surface area contributed by atoms with Crippen molar-refractivity contribution in [2.45, 2.75) is 13.8 Å². The van der Waals surface area contributed by atoms with Crippen molar-refractivity contribution in [1.29, 1.82) is 5.26 Å². The third-order valence-electron chi connectivity index (χ3n) is 3.81. The summed E-state index contributed by atoms with van der Waals surface area (Å²) in [5.74, 6) is 0.201. The minimum atomic E-state index is -0.311. The fourth-order valence-corrected chi connectivity index (χ4v) is 2.44. The number of benzene rings is 2. The highest BCUT2D eigenvalue weighted by Crippen LogP contribution is 2.18. The Kier molecular flexibility index (Phi) is 4.90. The highest BCUT2D eigenvalue weighted by molar-refractivity contribution is 6.03. The number of carbonyl (C=O) groups is 1. The molecule has 1 aromatic heterocycles. The van der Waals surface area contributed by atoms with Gasteiger partial charge in [-0.1, -0.05) is 17.7 Å². The predicted molar refractivity (Wildman–Crippen MR) is 100 cm³/mol. The Bertz CT molecular complexity index is 973. The molecule has 0 bridgehead atoms. The van der Waals surface area contributed by atoms with E-state index in [0.29, 0.717) is 11.4 Å². The van der Waals surface area contributed by atoms with Gasteiger partial charge in [0.05, 0.1) is 11.6 Å². The molecule has 128 valence electrons. The van der Waals surface area contributed by atoms with Gasteiger partial charge in [-0.05, 0) is 61.9 Å². The highest BCUT2D eigenvalue weighted by atomic mass is 16.1. The van der Waals surface area contributed by atoms with Crippen molar-refractivity contribution in [3.63, 3.8) is 0 Å². The van der Waals surface area contributed by atoms with E-state index >= 15 is 0 Å². The molecule has 3 rings (SSSR count). The van der Waals surface area contributed by atoms with Crippen molar-refractivity contribution >= 4 is 23.1 Å². The first-order valence-electron chi connectivity index (χ1n) is 8.05. The maximum absolute atomic E-state index is 12.3. The zero-order chi connectivity index (χ0) is 18.5. The fraction of sp³-hybridized carbons (Fsp3) is 0.100. The summed E-state index contributed by atoms with van der Waals surface area (Å²) in [6.07, 6.45) is 0. The third-order valence-corrected chi connectivity index (χ3v) is 3.81. The molecule has 0 fully saturated rings. The Balaban J connectivity index is 1.68. The Labute approximate surface area is 151 Å². The smallest absolute Gasteiger partial charge is 0.276 e. The van der Waals surface area contributed by atoms with Crippen LogP contribution in [0.4, 0.5) is 17.2 Å². The van der Waals surface area contributed by atoms with Gasteiger partial charge in [0.15, 0.2) is 11.5 Å². The lowest BCUT2D eigenvalue weighted by molar-refractivity contribution is 0.102. The summed E-state index contributed by atoms with van der Waals surface area (Å²) in [4.78, 5) is 12.3. The van der Waals surface area contributed by atoms with Gasteiger partial charge in [-0.15, -0.1) is 10.2 Å². The van der Waals surface area contributed by atoms with Gasteiger partial charge in [0.1, 0.15) is 0 Å². The van der Waals surface area contributed by atoms with Gasteiger partial charge in [0.2, 0.25) is 0 Å². The normalized spacial score (nSPS) is 10.0. The van der Waals surface area contributed by atoms with Crippen molar-refractivity contribution in [2.24, 2.45) is 0 Å². The van der Waals surface area contributed by atoms with Gasteiger partial charge in [0.25, 0.3) is 5.91 Å². The molecule has 0 aliphatic rings. The molecular formula is C20H17N5O. The van der Waals surface area contributed by atoms with Gasteiger partial charge in [-0.25, -0.2) is 0 Å². The lowest BCUT2D eigenvalue weighted by Gasteiger charge is -2.09. The summed E-state index contributed by atoms with van der Waals surface area (Å²) in [6.45, 7) is 3.95. The van der Waals surface area contributed by atoms with Gasteiger partial charge >= 0.3 is 0 Å². The summed E-state index contributed by atoms with van der Waals surface area (Å²) in [6, 6.07) is 18.2. The Morgan fingerprint density at radius 3 is 2.38 bits per heavy atom. The van der Waals surface area contributed by atoms with Crippen LogP contribution >= 0.6 is 0 Å². The van der Waals surface area contributed by atoms with Gasteiger partial charge in [-0.2, -0.15) is 5.26 Å². The van der Waals surface area contributed by atoms with Crippen LogP contribution in [0.5, 0.6) is 0 Å². The Morgan fingerprint density at radius 2 is 1.77 bits per heavy atom. The van der Waals surface area contributed by atoms with Crippen molar-refractivity contribution in [1.82, 2.24) is 10.2 Å². The molecule has 0 atom stereocenters. The van der Waals surface area contributed by atoms with E-state index in [1.165, 1.54) is 0 Å². The largest absolute Gasteiger partial charge is 0.339 e. The maximum Gasteiger partial charge on any atom is 0.276 e. The molecule has 1 amide bonds. The molecule has 26 heavy (non-hydrogen) atoms. The molecule has 0 aliphatic carbocycles. The molecule has 1 heterocycles. The number of nitriles is 1. The SMILES string of the molecule is Cc1ccc(NC(=O)c2ccc(Nc3ccc(C#N)cc3)nn2)c(C)c1. The fourth-order valence-electron chi connectivity index (χ4n) is 2.44. The second-order valence-corrected chi connectivity index (χ2v) is 5.89. The second kappa shape index (κ2) is 7.45. The molecule has 0 radical (unpaired) electrons. The molecule has 2 N–H and O–H groups in total. The van der Waals surface area contributed by atoms with Gasteiger partial charge in [-0.3, -0.25) is 4.79 Å². The van der Waals surface area contributed by atoms with Crippen molar-refractivity contribution < 1.29 is 4.79 Å². The van der Waals surface area contributed by atoms with Crippen LogP contribution in [0.3, 0.4) is 0 Å². The molecule has 0 unspecified atom stereocenters. The van der Waals surface area contributed by atoms with E-state index < -0.39 is 0 Å². The van der Waals surface area contributed by atoms with Crippen LogP contribution in [0.2, 0.25) is 0 Å². The first-order valence-corrected chi connectivity index (χ1v) is 8.05. The first kappa shape index (κ1) is 17.1. The minimum Gasteiger partial charge on any atom is -0.339 e. The van der Waals surface area contributed by atoms with E-state index in [2.05, 4.69) is 26.9 Å². The summed E-state index contributed by atoms with van der Waals surface area (Å²) in [5.41, 5.74) is 4.48. The third kappa shape index (κ3) is 4.02. The molecule has 2 aromatic carbocycles. The zero-order valence-electron chi connectivity index (χ0n) is 14.4. The van der Waals surface area contributed by atoms with Crippen LogP contribution in [0.25, 0.3) is 0 Å². The molecule has 0 saturated heterocycles. The average Bonchev–Trinajstić information content (AvgIpc) is 2.65. The molecule has 3 aromatic rings. The number of aromatic nitrogens is 2. The van der Waals surface area contributed by atoms with E-state index in [9.17, 15) is 4.79 Å². The average molecular weight is 343 g/mol. The van der Waals surface area contributed by atoms with Crippen LogP contribution in [-0.4, -0.2) is 16.1 Å². The Hall–Kier alpha value is -3.72. The summed E-state index contributed by atoms with van der Waals surface area (Å²) in [5, 5.41) is 22.7. The van der Waals surface area contributed by atoms with Crippen LogP contribution in [0.1, 0.15) is 27.2 Å². The van der Waals surface area contributed by atoms with Crippen LogP contribution < -0.4 is 10.6 Å². The van der Waals surface area contributed by atoms with Gasteiger partial charge in [0, 0.05) is 11.4 Å². The van der Waals surface area contributed by atoms with E-state index in [1.807, 2.05) is 32.0 Å². The van der Waals surface area contributed by atoms with Crippen LogP contribution in [0.15, 0.2) is 54.6 Å². The van der Waals surface area contributed by atoms with Gasteiger partial charge < -0.3 is 10.6 Å². The molecule has 6 nitrogen and oxygen atoms in total. The van der Waals surface area contributed by atoms with E-state index in [4.69, 9.17) is 5.26 Å². The molecular weight excluding hydrogens is 326 g/mol. The number of hydrogen-bond acceptors (Lipinski definition) is 5. The number of nitrogens with one attached hydrogen (secondary N) is 2. The van der Waals surface area contributed by atoms with Crippen LogP contribution in [-0.2, 0) is 0 Å². The predicted octanol–water partition coefficient (Wildman–Crippen LogP) is 3.96. The summed E-state index contributed by atoms with van der Waals surface area (Å²) < 4.78 is 0. The monoisotopic (exact) mass is 343 g/mol. The molecule has 6 heteroatoms. The van der Waals surface area contributed by atoms with E-state index in [0.717, 1.165) is 22.5 Å². The number of amides is 1. The summed E-state index contributed by atoms with van der Waals surface area (Å²) >= 11 is 0. The van der Waals surface area contributed by atoms with Crippen LogP contribution in [0, 0.1) is 25.2 Å². The lowest BCUT2D eigenvalue weighted by Crippen LogP contribution is -2.15. The second-order valence-electron chi connectivity index (χ2n) is 5.89. The maximum atomic E-state index is 12.3. The highest BCUT2D eigenvalue weighted by Gasteiger charge is 2.10.